The molecule has 0 radical (unpaired) electrons. The molecular formula is C21H20N4O4S. The average molecular weight is 424 g/mol. The zero-order valence-corrected chi connectivity index (χ0v) is 17.2. The van der Waals surface area contributed by atoms with Crippen LogP contribution in [0.1, 0.15) is 20.3 Å². The SMILES string of the molecule is CC1(C)C(=O)NC(=S)N2C(=O)CC(C(=O)Nc3ccc(Oc4ccccc4)cc3)N21. The van der Waals surface area contributed by atoms with Gasteiger partial charge in [-0.2, -0.15) is 5.01 Å². The molecule has 2 fully saturated rings. The molecule has 0 spiro atoms. The van der Waals surface area contributed by atoms with E-state index in [4.69, 9.17) is 17.0 Å². The van der Waals surface area contributed by atoms with Crippen LogP contribution in [0, 0.1) is 0 Å². The first kappa shape index (κ1) is 20.0. The lowest BCUT2D eigenvalue weighted by molar-refractivity contribution is -0.154. The molecule has 0 aliphatic carbocycles. The van der Waals surface area contributed by atoms with E-state index in [0.717, 1.165) is 0 Å². The van der Waals surface area contributed by atoms with Gasteiger partial charge >= 0.3 is 0 Å². The summed E-state index contributed by atoms with van der Waals surface area (Å²) < 4.78 is 5.74. The van der Waals surface area contributed by atoms with E-state index in [1.54, 1.807) is 38.1 Å². The summed E-state index contributed by atoms with van der Waals surface area (Å²) in [7, 11) is 0. The number of hydrazine groups is 1. The molecule has 1 unspecified atom stereocenters. The molecule has 2 aromatic rings. The number of anilines is 1. The van der Waals surface area contributed by atoms with Gasteiger partial charge in [0.1, 0.15) is 23.1 Å². The lowest BCUT2D eigenvalue weighted by Gasteiger charge is -2.45. The van der Waals surface area contributed by atoms with E-state index in [9.17, 15) is 14.4 Å². The number of nitrogens with one attached hydrogen (secondary N) is 2. The number of hydrogen-bond donors (Lipinski definition) is 2. The van der Waals surface area contributed by atoms with Crippen LogP contribution in [0.5, 0.6) is 11.5 Å². The van der Waals surface area contributed by atoms with E-state index in [1.807, 2.05) is 30.3 Å². The van der Waals surface area contributed by atoms with E-state index in [-0.39, 0.29) is 23.3 Å². The smallest absolute Gasteiger partial charge is 0.248 e. The Morgan fingerprint density at radius 1 is 1.10 bits per heavy atom. The Bertz CT molecular complexity index is 1020. The number of rotatable bonds is 4. The van der Waals surface area contributed by atoms with Crippen LogP contribution in [-0.2, 0) is 14.4 Å². The van der Waals surface area contributed by atoms with Crippen LogP contribution < -0.4 is 15.4 Å². The number of para-hydroxylation sites is 1. The normalized spacial score (nSPS) is 20.5. The van der Waals surface area contributed by atoms with Crippen LogP contribution >= 0.6 is 12.2 Å². The topological polar surface area (TPSA) is 91.0 Å². The van der Waals surface area contributed by atoms with Crippen LogP contribution in [0.25, 0.3) is 0 Å². The van der Waals surface area contributed by atoms with Crippen molar-refractivity contribution in [1.29, 1.82) is 0 Å². The highest BCUT2D eigenvalue weighted by Gasteiger charge is 2.56. The summed E-state index contributed by atoms with van der Waals surface area (Å²) in [5, 5.41) is 7.97. The highest BCUT2D eigenvalue weighted by molar-refractivity contribution is 7.80. The van der Waals surface area contributed by atoms with Gasteiger partial charge in [-0.1, -0.05) is 18.2 Å². The Morgan fingerprint density at radius 2 is 1.73 bits per heavy atom. The molecule has 2 heterocycles. The Kier molecular flexibility index (Phi) is 5.00. The van der Waals surface area contributed by atoms with Gasteiger partial charge in [-0.15, -0.1) is 0 Å². The molecule has 0 saturated carbocycles. The van der Waals surface area contributed by atoms with Gasteiger partial charge in [-0.05, 0) is 62.5 Å². The standard InChI is InChI=1S/C21H20N4O4S/c1-21(2)19(28)23-20(30)24-17(26)12-16(25(21)24)18(27)22-13-8-10-15(11-9-13)29-14-6-4-3-5-7-14/h3-11,16H,12H2,1-2H3,(H,22,27)(H,23,28,30). The first-order valence-electron chi connectivity index (χ1n) is 9.39. The number of carbonyl (C=O) groups excluding carboxylic acids is 3. The minimum Gasteiger partial charge on any atom is -0.457 e. The van der Waals surface area contributed by atoms with Crippen molar-refractivity contribution in [2.45, 2.75) is 31.8 Å². The number of benzene rings is 2. The molecular weight excluding hydrogens is 404 g/mol. The van der Waals surface area contributed by atoms with E-state index in [0.29, 0.717) is 17.2 Å². The molecule has 2 aliphatic heterocycles. The summed E-state index contributed by atoms with van der Waals surface area (Å²) in [6, 6.07) is 15.4. The minimum atomic E-state index is -1.11. The largest absolute Gasteiger partial charge is 0.457 e. The summed E-state index contributed by atoms with van der Waals surface area (Å²) in [6.07, 6.45) is -0.0699. The third-order valence-corrected chi connectivity index (χ3v) is 5.33. The Balaban J connectivity index is 1.49. The van der Waals surface area contributed by atoms with E-state index >= 15 is 0 Å². The molecule has 2 N–H and O–H groups in total. The quantitative estimate of drug-likeness (QED) is 0.733. The molecule has 3 amide bonds. The Hall–Kier alpha value is -3.30. The molecule has 4 rings (SSSR count). The zero-order chi connectivity index (χ0) is 21.5. The molecule has 8 nitrogen and oxygen atoms in total. The van der Waals surface area contributed by atoms with Crippen molar-refractivity contribution in [3.63, 3.8) is 0 Å². The maximum atomic E-state index is 13.0. The summed E-state index contributed by atoms with van der Waals surface area (Å²) in [4.78, 5) is 37.8. The van der Waals surface area contributed by atoms with Gasteiger partial charge < -0.3 is 10.1 Å². The van der Waals surface area contributed by atoms with Gasteiger partial charge in [0.2, 0.25) is 17.7 Å². The third-order valence-electron chi connectivity index (χ3n) is 5.06. The maximum absolute atomic E-state index is 13.0. The van der Waals surface area contributed by atoms with E-state index in [2.05, 4.69) is 10.6 Å². The third kappa shape index (κ3) is 3.53. The van der Waals surface area contributed by atoms with Crippen molar-refractivity contribution in [3.05, 3.63) is 54.6 Å². The summed E-state index contributed by atoms with van der Waals surface area (Å²) in [5.74, 6) is 0.243. The molecule has 0 aromatic heterocycles. The molecule has 30 heavy (non-hydrogen) atoms. The molecule has 9 heteroatoms. The Morgan fingerprint density at radius 3 is 2.40 bits per heavy atom. The van der Waals surface area contributed by atoms with Gasteiger partial charge in [-0.3, -0.25) is 19.7 Å². The monoisotopic (exact) mass is 424 g/mol. The van der Waals surface area contributed by atoms with Crippen LogP contribution in [0.4, 0.5) is 5.69 Å². The minimum absolute atomic E-state index is 0.0120. The van der Waals surface area contributed by atoms with Crippen LogP contribution in [0.2, 0.25) is 0 Å². The highest BCUT2D eigenvalue weighted by Crippen LogP contribution is 2.33. The van der Waals surface area contributed by atoms with Crippen LogP contribution in [-0.4, -0.2) is 44.4 Å². The zero-order valence-electron chi connectivity index (χ0n) is 16.4. The van der Waals surface area contributed by atoms with Crippen LogP contribution in [0.15, 0.2) is 54.6 Å². The fourth-order valence-corrected chi connectivity index (χ4v) is 3.80. The second-order valence-corrected chi connectivity index (χ2v) is 7.90. The predicted molar refractivity (Wildman–Crippen MR) is 113 cm³/mol. The number of thiocarbonyl (C=S) groups is 1. The number of nitrogens with zero attached hydrogens (tertiary/aromatic N) is 2. The number of ether oxygens (including phenoxy) is 1. The molecule has 2 aliphatic rings. The maximum Gasteiger partial charge on any atom is 0.248 e. The number of fused-ring (bicyclic) bond motifs is 1. The van der Waals surface area contributed by atoms with Gasteiger partial charge in [0.25, 0.3) is 0 Å². The summed E-state index contributed by atoms with van der Waals surface area (Å²) in [5.41, 5.74) is -0.558. The van der Waals surface area contributed by atoms with Crippen molar-refractivity contribution in [2.75, 3.05) is 5.32 Å². The van der Waals surface area contributed by atoms with Gasteiger partial charge in [0.15, 0.2) is 5.11 Å². The van der Waals surface area contributed by atoms with Crippen molar-refractivity contribution in [1.82, 2.24) is 15.3 Å². The van der Waals surface area contributed by atoms with E-state index < -0.39 is 17.5 Å². The first-order valence-corrected chi connectivity index (χ1v) is 9.79. The van der Waals surface area contributed by atoms with E-state index in [1.165, 1.54) is 10.0 Å². The second-order valence-electron chi connectivity index (χ2n) is 7.52. The van der Waals surface area contributed by atoms with Gasteiger partial charge in [-0.25, -0.2) is 5.01 Å². The lowest BCUT2D eigenvalue weighted by Crippen LogP contribution is -2.71. The summed E-state index contributed by atoms with van der Waals surface area (Å²) in [6.45, 7) is 3.29. The lowest BCUT2D eigenvalue weighted by atomic mass is 10.00. The molecule has 2 aromatic carbocycles. The fraction of sp³-hybridized carbons (Fsp3) is 0.238. The predicted octanol–water partition coefficient (Wildman–Crippen LogP) is 2.43. The second kappa shape index (κ2) is 7.51. The fourth-order valence-electron chi connectivity index (χ4n) is 3.52. The van der Waals surface area contributed by atoms with Crippen molar-refractivity contribution >= 4 is 40.7 Å². The van der Waals surface area contributed by atoms with Gasteiger partial charge in [0, 0.05) is 5.69 Å². The molecule has 1 atom stereocenters. The highest BCUT2D eigenvalue weighted by atomic mass is 32.1. The van der Waals surface area contributed by atoms with Gasteiger partial charge in [0.05, 0.1) is 6.42 Å². The number of carbonyl (C=O) groups is 3. The molecule has 0 bridgehead atoms. The molecule has 154 valence electrons. The molecule has 2 saturated heterocycles. The summed E-state index contributed by atoms with van der Waals surface area (Å²) >= 11 is 5.12. The van der Waals surface area contributed by atoms with Crippen molar-refractivity contribution < 1.29 is 19.1 Å². The van der Waals surface area contributed by atoms with Crippen molar-refractivity contribution in [2.24, 2.45) is 0 Å². The number of hydrogen-bond acceptors (Lipinski definition) is 6. The average Bonchev–Trinajstić information content (AvgIpc) is 3.08. The van der Waals surface area contributed by atoms with Crippen molar-refractivity contribution in [3.8, 4) is 11.5 Å². The number of amides is 3. The Labute approximate surface area is 178 Å². The van der Waals surface area contributed by atoms with Crippen LogP contribution in [0.3, 0.4) is 0 Å². The first-order chi connectivity index (χ1) is 14.3.